The van der Waals surface area contributed by atoms with Crippen LogP contribution in [0.15, 0.2) is 47.5 Å². The maximum Gasteiger partial charge on any atom is 0.276 e. The van der Waals surface area contributed by atoms with E-state index in [4.69, 9.17) is 14.5 Å². The second kappa shape index (κ2) is 7.70. The lowest BCUT2D eigenvalue weighted by Gasteiger charge is -2.25. The number of benzene rings is 2. The second-order valence-electron chi connectivity index (χ2n) is 7.70. The van der Waals surface area contributed by atoms with Gasteiger partial charge in [-0.3, -0.25) is 4.79 Å². The molecule has 1 fully saturated rings. The highest BCUT2D eigenvalue weighted by Gasteiger charge is 2.25. The van der Waals surface area contributed by atoms with Gasteiger partial charge in [0.2, 0.25) is 0 Å². The number of carbonyl (C=O) groups is 1. The van der Waals surface area contributed by atoms with Crippen LogP contribution in [0.3, 0.4) is 0 Å². The molecule has 6 nitrogen and oxygen atoms in total. The molecule has 0 spiro atoms. The summed E-state index contributed by atoms with van der Waals surface area (Å²) >= 11 is 0. The summed E-state index contributed by atoms with van der Waals surface area (Å²) in [6.07, 6.45) is 6.05. The van der Waals surface area contributed by atoms with E-state index >= 15 is 0 Å². The molecule has 2 aliphatic rings. The van der Waals surface area contributed by atoms with E-state index in [9.17, 15) is 4.79 Å². The standard InChI is InChI=1S/C23H23N3O3/c27-23(17-8-9-20-21(13-17)29-11-10-28-20)24-14-15-4-3-5-16(12-15)22-25-18-6-1-2-7-19(18)26-22/h1-2,6-9,13-16H,3-5,10-12H2,(H,25,26). The third-order valence-electron chi connectivity index (χ3n) is 5.70. The predicted octanol–water partition coefficient (Wildman–Crippen LogP) is 4.52. The minimum Gasteiger partial charge on any atom is -0.486 e. The molecule has 0 bridgehead atoms. The number of carbonyl (C=O) groups excluding carboxylic acids is 1. The molecule has 29 heavy (non-hydrogen) atoms. The Morgan fingerprint density at radius 3 is 2.86 bits per heavy atom. The van der Waals surface area contributed by atoms with Gasteiger partial charge in [0, 0.05) is 17.7 Å². The van der Waals surface area contributed by atoms with Gasteiger partial charge < -0.3 is 14.5 Å². The zero-order chi connectivity index (χ0) is 19.6. The third-order valence-corrected chi connectivity index (χ3v) is 5.70. The van der Waals surface area contributed by atoms with Crippen LogP contribution in [0, 0.1) is 5.92 Å². The summed E-state index contributed by atoms with van der Waals surface area (Å²) < 4.78 is 11.1. The van der Waals surface area contributed by atoms with Gasteiger partial charge in [0.05, 0.1) is 11.0 Å². The van der Waals surface area contributed by atoms with Crippen molar-refractivity contribution in [2.45, 2.75) is 31.6 Å². The van der Waals surface area contributed by atoms with Crippen LogP contribution in [-0.4, -0.2) is 35.3 Å². The van der Waals surface area contributed by atoms with Crippen LogP contribution in [0.2, 0.25) is 0 Å². The summed E-state index contributed by atoms with van der Waals surface area (Å²) in [4.78, 5) is 25.0. The second-order valence-corrected chi connectivity index (χ2v) is 7.70. The number of amides is 1. The van der Waals surface area contributed by atoms with Crippen LogP contribution in [0.5, 0.6) is 11.5 Å². The van der Waals surface area contributed by atoms with Gasteiger partial charge in [-0.2, -0.15) is 0 Å². The number of aliphatic imine (C=N–C) groups is 1. The first-order valence-corrected chi connectivity index (χ1v) is 10.2. The molecule has 1 amide bonds. The molecular formula is C23H23N3O3. The van der Waals surface area contributed by atoms with Crippen molar-refractivity contribution >= 4 is 23.2 Å². The van der Waals surface area contributed by atoms with Crippen molar-refractivity contribution in [2.75, 3.05) is 13.2 Å². The number of aromatic nitrogens is 2. The monoisotopic (exact) mass is 389 g/mol. The molecular weight excluding hydrogens is 366 g/mol. The van der Waals surface area contributed by atoms with Gasteiger partial charge >= 0.3 is 0 Å². The molecule has 6 heteroatoms. The quantitative estimate of drug-likeness (QED) is 0.668. The lowest BCUT2D eigenvalue weighted by Crippen LogP contribution is -2.17. The maximum absolute atomic E-state index is 12.5. The van der Waals surface area contributed by atoms with E-state index in [1.165, 1.54) is 0 Å². The number of hydrogen-bond donors (Lipinski definition) is 1. The lowest BCUT2D eigenvalue weighted by atomic mass is 9.81. The van der Waals surface area contributed by atoms with Crippen molar-refractivity contribution in [3.05, 3.63) is 53.9 Å². The first-order valence-electron chi connectivity index (χ1n) is 10.2. The first kappa shape index (κ1) is 17.9. The molecule has 3 aromatic rings. The molecule has 1 N–H and O–H groups in total. The molecule has 1 aliphatic heterocycles. The number of para-hydroxylation sites is 2. The zero-order valence-corrected chi connectivity index (χ0v) is 16.1. The molecule has 2 atom stereocenters. The third kappa shape index (κ3) is 3.75. The van der Waals surface area contributed by atoms with Gasteiger partial charge in [-0.1, -0.05) is 18.6 Å². The number of hydrogen-bond acceptors (Lipinski definition) is 4. The molecule has 0 saturated heterocycles. The van der Waals surface area contributed by atoms with Crippen LogP contribution < -0.4 is 9.47 Å². The molecule has 1 saturated carbocycles. The lowest BCUT2D eigenvalue weighted by molar-refractivity contribution is 0.100. The van der Waals surface area contributed by atoms with E-state index in [1.54, 1.807) is 18.2 Å². The van der Waals surface area contributed by atoms with Gasteiger partial charge in [-0.15, -0.1) is 0 Å². The van der Waals surface area contributed by atoms with Crippen LogP contribution in [0.1, 0.15) is 47.8 Å². The fraction of sp³-hybridized carbons (Fsp3) is 0.348. The number of imidazole rings is 1. The molecule has 2 heterocycles. The van der Waals surface area contributed by atoms with Gasteiger partial charge in [0.15, 0.2) is 11.5 Å². The number of rotatable bonds is 3. The fourth-order valence-corrected chi connectivity index (χ4v) is 4.20. The highest BCUT2D eigenvalue weighted by molar-refractivity contribution is 5.99. The largest absolute Gasteiger partial charge is 0.486 e. The minimum atomic E-state index is -0.243. The Morgan fingerprint density at radius 2 is 1.97 bits per heavy atom. The summed E-state index contributed by atoms with van der Waals surface area (Å²) in [6.45, 7) is 1.03. The Labute approximate surface area is 169 Å². The molecule has 148 valence electrons. The number of fused-ring (bicyclic) bond motifs is 2. The Kier molecular flexibility index (Phi) is 4.76. The van der Waals surface area contributed by atoms with Gasteiger partial charge in [0.1, 0.15) is 19.0 Å². The van der Waals surface area contributed by atoms with E-state index in [-0.39, 0.29) is 11.8 Å². The molecule has 2 unspecified atom stereocenters. The smallest absolute Gasteiger partial charge is 0.276 e. The van der Waals surface area contributed by atoms with Crippen LogP contribution in [0.25, 0.3) is 11.0 Å². The van der Waals surface area contributed by atoms with Crippen LogP contribution >= 0.6 is 0 Å². The van der Waals surface area contributed by atoms with E-state index in [1.807, 2.05) is 24.4 Å². The SMILES string of the molecule is O=C(N=CC1CCCC(c2nc3ccccc3[nH]2)C1)c1ccc2c(c1)OCCO2. The van der Waals surface area contributed by atoms with Crippen molar-refractivity contribution < 1.29 is 14.3 Å². The Morgan fingerprint density at radius 1 is 1.10 bits per heavy atom. The van der Waals surface area contributed by atoms with Crippen LogP contribution in [0.4, 0.5) is 0 Å². The maximum atomic E-state index is 12.5. The topological polar surface area (TPSA) is 76.6 Å². The van der Waals surface area contributed by atoms with Crippen molar-refractivity contribution in [1.82, 2.24) is 9.97 Å². The van der Waals surface area contributed by atoms with Crippen molar-refractivity contribution in [3.63, 3.8) is 0 Å². The van der Waals surface area contributed by atoms with Gasteiger partial charge in [-0.25, -0.2) is 9.98 Å². The van der Waals surface area contributed by atoms with Gasteiger partial charge in [0.25, 0.3) is 5.91 Å². The Balaban J connectivity index is 1.27. The van der Waals surface area contributed by atoms with E-state index in [2.05, 4.69) is 16.0 Å². The summed E-state index contributed by atoms with van der Waals surface area (Å²) in [7, 11) is 0. The van der Waals surface area contributed by atoms with Crippen molar-refractivity contribution in [1.29, 1.82) is 0 Å². The predicted molar refractivity (Wildman–Crippen MR) is 111 cm³/mol. The molecule has 2 aromatic carbocycles. The van der Waals surface area contributed by atoms with Crippen molar-refractivity contribution in [2.24, 2.45) is 10.9 Å². The highest BCUT2D eigenvalue weighted by atomic mass is 16.6. The first-order chi connectivity index (χ1) is 14.3. The average molecular weight is 389 g/mol. The highest BCUT2D eigenvalue weighted by Crippen LogP contribution is 2.35. The summed E-state index contributed by atoms with van der Waals surface area (Å²) in [5, 5.41) is 0. The van der Waals surface area contributed by atoms with Crippen LogP contribution in [-0.2, 0) is 0 Å². The molecule has 0 radical (unpaired) electrons. The average Bonchev–Trinajstić information content (AvgIpc) is 3.22. The summed E-state index contributed by atoms with van der Waals surface area (Å²) in [6, 6.07) is 13.3. The number of H-pyrrole nitrogens is 1. The number of ether oxygens (including phenoxy) is 2. The number of nitrogens with one attached hydrogen (secondary N) is 1. The Bertz CT molecular complexity index is 1040. The summed E-state index contributed by atoms with van der Waals surface area (Å²) in [5.41, 5.74) is 2.61. The van der Waals surface area contributed by atoms with E-state index in [0.29, 0.717) is 36.2 Å². The normalized spacial score (nSPS) is 21.5. The number of aromatic amines is 1. The molecule has 1 aromatic heterocycles. The minimum absolute atomic E-state index is 0.243. The zero-order valence-electron chi connectivity index (χ0n) is 16.1. The van der Waals surface area contributed by atoms with Crippen molar-refractivity contribution in [3.8, 4) is 11.5 Å². The molecule has 5 rings (SSSR count). The summed E-state index contributed by atoms with van der Waals surface area (Å²) in [5.74, 6) is 2.74. The molecule has 1 aliphatic carbocycles. The Hall–Kier alpha value is -3.15. The van der Waals surface area contributed by atoms with Gasteiger partial charge in [-0.05, 0) is 55.5 Å². The van der Waals surface area contributed by atoms with E-state index < -0.39 is 0 Å². The fourth-order valence-electron chi connectivity index (χ4n) is 4.20. The number of nitrogens with zero attached hydrogens (tertiary/aromatic N) is 2. The van der Waals surface area contributed by atoms with E-state index in [0.717, 1.165) is 42.5 Å².